The van der Waals surface area contributed by atoms with E-state index >= 15 is 0 Å². The van der Waals surface area contributed by atoms with Crippen LogP contribution in [0.1, 0.15) is 23.3 Å². The normalized spacial score (nSPS) is 20.3. The van der Waals surface area contributed by atoms with Crippen LogP contribution in [-0.4, -0.2) is 57.3 Å². The second-order valence-electron chi connectivity index (χ2n) is 6.33. The standard InChI is InChI=1S/C17H28N4OS/c1-18-17(20-12-14-3-9-22-10-4-14)19-6-8-21-7-2-16-15(13-21)5-11-23-16/h5,11,14H,2-4,6-10,12-13H2,1H3,(H2,18,19,20). The van der Waals surface area contributed by atoms with Crippen LogP contribution in [0.3, 0.4) is 0 Å². The summed E-state index contributed by atoms with van der Waals surface area (Å²) in [5.41, 5.74) is 1.52. The van der Waals surface area contributed by atoms with Gasteiger partial charge in [-0.25, -0.2) is 0 Å². The van der Waals surface area contributed by atoms with Crippen molar-refractivity contribution in [2.75, 3.05) is 46.4 Å². The fourth-order valence-corrected chi connectivity index (χ4v) is 4.13. The van der Waals surface area contributed by atoms with Crippen LogP contribution >= 0.6 is 11.3 Å². The number of hydrogen-bond donors (Lipinski definition) is 2. The van der Waals surface area contributed by atoms with E-state index in [-0.39, 0.29) is 0 Å². The van der Waals surface area contributed by atoms with Gasteiger partial charge in [0.1, 0.15) is 0 Å². The lowest BCUT2D eigenvalue weighted by molar-refractivity contribution is 0.0675. The molecule has 6 heteroatoms. The van der Waals surface area contributed by atoms with E-state index in [1.54, 1.807) is 4.88 Å². The molecule has 128 valence electrons. The predicted molar refractivity (Wildman–Crippen MR) is 96.2 cm³/mol. The minimum atomic E-state index is 0.710. The summed E-state index contributed by atoms with van der Waals surface area (Å²) in [7, 11) is 1.85. The number of nitrogens with one attached hydrogen (secondary N) is 2. The van der Waals surface area contributed by atoms with E-state index in [2.05, 4.69) is 32.0 Å². The maximum atomic E-state index is 5.41. The molecule has 2 N–H and O–H groups in total. The molecule has 1 aromatic rings. The van der Waals surface area contributed by atoms with E-state index in [9.17, 15) is 0 Å². The molecule has 3 rings (SSSR count). The Morgan fingerprint density at radius 2 is 2.26 bits per heavy atom. The average Bonchev–Trinajstić information content (AvgIpc) is 3.06. The van der Waals surface area contributed by atoms with Gasteiger partial charge in [0, 0.05) is 57.9 Å². The molecule has 0 saturated carbocycles. The third-order valence-electron chi connectivity index (χ3n) is 4.73. The summed E-state index contributed by atoms with van der Waals surface area (Å²) < 4.78 is 5.41. The summed E-state index contributed by atoms with van der Waals surface area (Å²) in [6.07, 6.45) is 3.51. The zero-order valence-corrected chi connectivity index (χ0v) is 14.8. The van der Waals surface area contributed by atoms with Crippen molar-refractivity contribution in [3.05, 3.63) is 21.9 Å². The topological polar surface area (TPSA) is 48.9 Å². The van der Waals surface area contributed by atoms with E-state index in [0.717, 1.165) is 58.2 Å². The Kier molecular flexibility index (Phi) is 6.30. The molecule has 5 nitrogen and oxygen atoms in total. The number of rotatable bonds is 5. The van der Waals surface area contributed by atoms with E-state index in [4.69, 9.17) is 4.74 Å². The molecule has 0 amide bonds. The third-order valence-corrected chi connectivity index (χ3v) is 5.75. The maximum absolute atomic E-state index is 5.41. The Hall–Kier alpha value is -1.11. The summed E-state index contributed by atoms with van der Waals surface area (Å²) in [5.74, 6) is 1.63. The highest BCUT2D eigenvalue weighted by atomic mass is 32.1. The molecule has 0 atom stereocenters. The molecule has 2 aliphatic heterocycles. The average molecular weight is 337 g/mol. The molecular formula is C17H28N4OS. The van der Waals surface area contributed by atoms with Gasteiger partial charge < -0.3 is 15.4 Å². The summed E-state index contributed by atoms with van der Waals surface area (Å²) in [4.78, 5) is 8.42. The highest BCUT2D eigenvalue weighted by molar-refractivity contribution is 7.10. The zero-order valence-electron chi connectivity index (χ0n) is 14.0. The summed E-state index contributed by atoms with van der Waals surface area (Å²) in [6, 6.07) is 2.27. The second-order valence-corrected chi connectivity index (χ2v) is 7.33. The first kappa shape index (κ1) is 16.7. The van der Waals surface area contributed by atoms with Crippen LogP contribution < -0.4 is 10.6 Å². The Morgan fingerprint density at radius 3 is 3.09 bits per heavy atom. The lowest BCUT2D eigenvalue weighted by Crippen LogP contribution is -2.44. The zero-order chi connectivity index (χ0) is 15.9. The van der Waals surface area contributed by atoms with Crippen LogP contribution in [0, 0.1) is 5.92 Å². The van der Waals surface area contributed by atoms with Crippen molar-refractivity contribution < 1.29 is 4.74 Å². The van der Waals surface area contributed by atoms with Crippen molar-refractivity contribution >= 4 is 17.3 Å². The molecular weight excluding hydrogens is 308 g/mol. The number of thiophene rings is 1. The van der Waals surface area contributed by atoms with Crippen LogP contribution in [-0.2, 0) is 17.7 Å². The smallest absolute Gasteiger partial charge is 0.191 e. The monoisotopic (exact) mass is 336 g/mol. The molecule has 0 spiro atoms. The summed E-state index contributed by atoms with van der Waals surface area (Å²) in [6.45, 7) is 7.05. The molecule has 3 heterocycles. The molecule has 0 unspecified atom stereocenters. The lowest BCUT2D eigenvalue weighted by atomic mass is 10.0. The Morgan fingerprint density at radius 1 is 1.39 bits per heavy atom. The molecule has 0 bridgehead atoms. The van der Waals surface area contributed by atoms with Gasteiger partial charge in [0.2, 0.25) is 0 Å². The van der Waals surface area contributed by atoms with E-state index in [1.165, 1.54) is 18.5 Å². The number of aliphatic imine (C=N–C) groups is 1. The van der Waals surface area contributed by atoms with Gasteiger partial charge in [-0.05, 0) is 42.2 Å². The number of ether oxygens (including phenoxy) is 1. The van der Waals surface area contributed by atoms with Crippen molar-refractivity contribution in [2.45, 2.75) is 25.8 Å². The molecule has 1 fully saturated rings. The van der Waals surface area contributed by atoms with Gasteiger partial charge in [0.05, 0.1) is 0 Å². The number of nitrogens with zero attached hydrogens (tertiary/aromatic N) is 2. The van der Waals surface area contributed by atoms with Gasteiger partial charge in [-0.1, -0.05) is 0 Å². The quantitative estimate of drug-likeness (QED) is 0.635. The summed E-state index contributed by atoms with van der Waals surface area (Å²) >= 11 is 1.90. The fraction of sp³-hybridized carbons (Fsp3) is 0.706. The molecule has 1 aromatic heterocycles. The van der Waals surface area contributed by atoms with Gasteiger partial charge in [-0.3, -0.25) is 9.89 Å². The van der Waals surface area contributed by atoms with Gasteiger partial charge in [0.15, 0.2) is 5.96 Å². The minimum Gasteiger partial charge on any atom is -0.381 e. The van der Waals surface area contributed by atoms with E-state index in [1.807, 2.05) is 18.4 Å². The first-order valence-electron chi connectivity index (χ1n) is 8.65. The Labute approximate surface area is 143 Å². The molecule has 23 heavy (non-hydrogen) atoms. The fourth-order valence-electron chi connectivity index (χ4n) is 3.24. The lowest BCUT2D eigenvalue weighted by Gasteiger charge is -2.27. The Balaban J connectivity index is 1.34. The van der Waals surface area contributed by atoms with Gasteiger partial charge in [0.25, 0.3) is 0 Å². The maximum Gasteiger partial charge on any atom is 0.191 e. The summed E-state index contributed by atoms with van der Waals surface area (Å²) in [5, 5.41) is 9.11. The van der Waals surface area contributed by atoms with Crippen LogP contribution in [0.5, 0.6) is 0 Å². The predicted octanol–water partition coefficient (Wildman–Crippen LogP) is 1.70. The van der Waals surface area contributed by atoms with E-state index in [0.29, 0.717) is 5.92 Å². The van der Waals surface area contributed by atoms with Crippen molar-refractivity contribution in [1.29, 1.82) is 0 Å². The highest BCUT2D eigenvalue weighted by Crippen LogP contribution is 2.23. The van der Waals surface area contributed by atoms with Crippen LogP contribution in [0.2, 0.25) is 0 Å². The van der Waals surface area contributed by atoms with Crippen molar-refractivity contribution in [3.8, 4) is 0 Å². The van der Waals surface area contributed by atoms with Crippen molar-refractivity contribution in [3.63, 3.8) is 0 Å². The minimum absolute atomic E-state index is 0.710. The number of hydrogen-bond acceptors (Lipinski definition) is 4. The van der Waals surface area contributed by atoms with Crippen molar-refractivity contribution in [1.82, 2.24) is 15.5 Å². The van der Waals surface area contributed by atoms with Crippen LogP contribution in [0.4, 0.5) is 0 Å². The first-order valence-corrected chi connectivity index (χ1v) is 9.53. The molecule has 0 aliphatic carbocycles. The molecule has 2 aliphatic rings. The van der Waals surface area contributed by atoms with Crippen LogP contribution in [0.15, 0.2) is 16.4 Å². The molecule has 0 radical (unpaired) electrons. The van der Waals surface area contributed by atoms with E-state index < -0.39 is 0 Å². The van der Waals surface area contributed by atoms with Crippen molar-refractivity contribution in [2.24, 2.45) is 10.9 Å². The van der Waals surface area contributed by atoms with Crippen LogP contribution in [0.25, 0.3) is 0 Å². The molecule has 1 saturated heterocycles. The van der Waals surface area contributed by atoms with Gasteiger partial charge >= 0.3 is 0 Å². The highest BCUT2D eigenvalue weighted by Gasteiger charge is 2.17. The first-order chi connectivity index (χ1) is 11.3. The van der Waals surface area contributed by atoms with Gasteiger partial charge in [-0.15, -0.1) is 11.3 Å². The molecule has 0 aromatic carbocycles. The largest absolute Gasteiger partial charge is 0.381 e. The number of guanidine groups is 1. The number of fused-ring (bicyclic) bond motifs is 1. The Bertz CT molecular complexity index is 510. The second kappa shape index (κ2) is 8.66. The SMILES string of the molecule is CN=C(NCCN1CCc2sccc2C1)NCC1CCOCC1. The van der Waals surface area contributed by atoms with Gasteiger partial charge in [-0.2, -0.15) is 0 Å². The third kappa shape index (κ3) is 4.93.